The van der Waals surface area contributed by atoms with Crippen molar-refractivity contribution in [3.05, 3.63) is 46.7 Å². The van der Waals surface area contributed by atoms with E-state index < -0.39 is 11.6 Å². The van der Waals surface area contributed by atoms with Crippen molar-refractivity contribution in [3.8, 4) is 0 Å². The summed E-state index contributed by atoms with van der Waals surface area (Å²) in [5.74, 6) is -0.784. The van der Waals surface area contributed by atoms with Gasteiger partial charge in [0.05, 0.1) is 18.8 Å². The molecule has 2 N–H and O–H groups in total. The molecular formula is C20H23ClFN5O3S. The van der Waals surface area contributed by atoms with E-state index >= 15 is 0 Å². The zero-order chi connectivity index (χ0) is 21.3. The molecule has 4 amide bonds. The number of halogens is 2. The Hall–Kier alpha value is -2.56. The topological polar surface area (TPSA) is 94.6 Å². The van der Waals surface area contributed by atoms with Crippen LogP contribution < -0.4 is 10.6 Å². The third-order valence-corrected chi connectivity index (χ3v) is 6.32. The van der Waals surface area contributed by atoms with E-state index in [2.05, 4.69) is 15.6 Å². The molecule has 0 atom stereocenters. The number of anilines is 1. The van der Waals surface area contributed by atoms with Crippen LogP contribution in [0, 0.1) is 12.7 Å². The molecule has 11 heteroatoms. The van der Waals surface area contributed by atoms with Gasteiger partial charge < -0.3 is 10.6 Å². The SMILES string of the molecule is Cc1csc(NC(=O)CN2CCC3(CC2)NC(=O)N(Cc2ccc(F)cc2)C3=O)n1.Cl. The number of hydrogen-bond acceptors (Lipinski definition) is 6. The van der Waals surface area contributed by atoms with Crippen molar-refractivity contribution in [2.24, 2.45) is 0 Å². The fourth-order valence-electron chi connectivity index (χ4n) is 3.80. The monoisotopic (exact) mass is 467 g/mol. The summed E-state index contributed by atoms with van der Waals surface area (Å²) < 4.78 is 13.1. The number of carbonyl (C=O) groups is 3. The molecule has 4 rings (SSSR count). The van der Waals surface area contributed by atoms with E-state index in [4.69, 9.17) is 0 Å². The van der Waals surface area contributed by atoms with E-state index in [-0.39, 0.29) is 43.1 Å². The number of likely N-dealkylation sites (tertiary alicyclic amines) is 1. The molecule has 31 heavy (non-hydrogen) atoms. The van der Waals surface area contributed by atoms with Crippen LogP contribution in [0.3, 0.4) is 0 Å². The van der Waals surface area contributed by atoms with Gasteiger partial charge in [-0.1, -0.05) is 12.1 Å². The van der Waals surface area contributed by atoms with Crippen LogP contribution in [-0.4, -0.2) is 57.8 Å². The molecule has 0 radical (unpaired) electrons. The molecule has 0 bridgehead atoms. The predicted octanol–water partition coefficient (Wildman–Crippen LogP) is 2.54. The Morgan fingerprint density at radius 3 is 2.55 bits per heavy atom. The average Bonchev–Trinajstić information content (AvgIpc) is 3.21. The van der Waals surface area contributed by atoms with Crippen LogP contribution in [0.5, 0.6) is 0 Å². The molecule has 0 unspecified atom stereocenters. The van der Waals surface area contributed by atoms with Crippen LogP contribution in [0.2, 0.25) is 0 Å². The molecular weight excluding hydrogens is 445 g/mol. The molecule has 2 aliphatic rings. The lowest BCUT2D eigenvalue weighted by atomic mass is 9.87. The summed E-state index contributed by atoms with van der Waals surface area (Å²) in [6.45, 7) is 3.20. The van der Waals surface area contributed by atoms with E-state index in [1.54, 1.807) is 12.1 Å². The summed E-state index contributed by atoms with van der Waals surface area (Å²) in [6.07, 6.45) is 0.863. The number of carbonyl (C=O) groups excluding carboxylic acids is 3. The maximum atomic E-state index is 13.1. The molecule has 2 saturated heterocycles. The molecule has 1 spiro atoms. The number of urea groups is 1. The second-order valence-corrected chi connectivity index (χ2v) is 8.51. The lowest BCUT2D eigenvalue weighted by Gasteiger charge is -2.36. The second kappa shape index (κ2) is 9.29. The largest absolute Gasteiger partial charge is 0.325 e. The Morgan fingerprint density at radius 2 is 1.94 bits per heavy atom. The summed E-state index contributed by atoms with van der Waals surface area (Å²) in [6, 6.07) is 5.30. The first-order chi connectivity index (χ1) is 14.3. The highest BCUT2D eigenvalue weighted by Crippen LogP contribution is 2.30. The molecule has 1 aromatic carbocycles. The summed E-state index contributed by atoms with van der Waals surface area (Å²) in [7, 11) is 0. The number of rotatable bonds is 5. The highest BCUT2D eigenvalue weighted by Gasteiger charge is 2.52. The first-order valence-corrected chi connectivity index (χ1v) is 10.6. The van der Waals surface area contributed by atoms with Gasteiger partial charge in [0.1, 0.15) is 11.4 Å². The molecule has 0 saturated carbocycles. The summed E-state index contributed by atoms with van der Waals surface area (Å²) in [4.78, 5) is 45.0. The van der Waals surface area contributed by atoms with Crippen molar-refractivity contribution < 1.29 is 18.8 Å². The average molecular weight is 468 g/mol. The number of amides is 4. The van der Waals surface area contributed by atoms with Gasteiger partial charge >= 0.3 is 6.03 Å². The number of aryl methyl sites for hydroxylation is 1. The number of aromatic nitrogens is 1. The number of nitrogens with one attached hydrogen (secondary N) is 2. The fourth-order valence-corrected chi connectivity index (χ4v) is 4.50. The van der Waals surface area contributed by atoms with E-state index in [1.165, 1.54) is 28.4 Å². The standard InChI is InChI=1S/C20H22FN5O3S.ClH/c1-13-12-30-18(22-13)23-16(27)11-25-8-6-20(7-9-25)17(28)26(19(29)24-20)10-14-2-4-15(21)5-3-14;/h2-5,12H,6-11H2,1H3,(H,24,29)(H,22,23,27);1H. The first-order valence-electron chi connectivity index (χ1n) is 9.67. The number of benzene rings is 1. The van der Waals surface area contributed by atoms with Crippen molar-refractivity contribution in [3.63, 3.8) is 0 Å². The Bertz CT molecular complexity index is 975. The number of hydrogen-bond donors (Lipinski definition) is 2. The van der Waals surface area contributed by atoms with Crippen molar-refractivity contribution in [2.45, 2.75) is 31.8 Å². The van der Waals surface area contributed by atoms with Gasteiger partial charge in [0, 0.05) is 18.5 Å². The quantitative estimate of drug-likeness (QED) is 0.659. The smallest absolute Gasteiger partial charge is 0.323 e. The first kappa shape index (κ1) is 23.1. The minimum Gasteiger partial charge on any atom is -0.323 e. The molecule has 2 aliphatic heterocycles. The van der Waals surface area contributed by atoms with Gasteiger partial charge in [-0.15, -0.1) is 23.7 Å². The van der Waals surface area contributed by atoms with E-state index in [0.717, 1.165) is 5.69 Å². The van der Waals surface area contributed by atoms with Crippen LogP contribution in [0.15, 0.2) is 29.6 Å². The maximum absolute atomic E-state index is 13.1. The van der Waals surface area contributed by atoms with Gasteiger partial charge in [-0.3, -0.25) is 19.4 Å². The van der Waals surface area contributed by atoms with Gasteiger partial charge in [0.15, 0.2) is 5.13 Å². The second-order valence-electron chi connectivity index (χ2n) is 7.65. The molecule has 1 aromatic heterocycles. The summed E-state index contributed by atoms with van der Waals surface area (Å²) >= 11 is 1.38. The number of imide groups is 1. The molecule has 2 fully saturated rings. The predicted molar refractivity (Wildman–Crippen MR) is 117 cm³/mol. The zero-order valence-corrected chi connectivity index (χ0v) is 18.5. The summed E-state index contributed by atoms with van der Waals surface area (Å²) in [5.41, 5.74) is 0.607. The molecule has 3 heterocycles. The van der Waals surface area contributed by atoms with Crippen molar-refractivity contribution in [1.82, 2.24) is 20.1 Å². The minimum absolute atomic E-state index is 0. The zero-order valence-electron chi connectivity index (χ0n) is 16.9. The minimum atomic E-state index is -0.934. The van der Waals surface area contributed by atoms with E-state index in [0.29, 0.717) is 36.6 Å². The molecule has 166 valence electrons. The van der Waals surface area contributed by atoms with E-state index in [1.807, 2.05) is 17.2 Å². The van der Waals surface area contributed by atoms with Crippen molar-refractivity contribution in [2.75, 3.05) is 25.0 Å². The van der Waals surface area contributed by atoms with Gasteiger partial charge in [0.2, 0.25) is 5.91 Å². The van der Waals surface area contributed by atoms with Gasteiger partial charge in [-0.2, -0.15) is 0 Å². The van der Waals surface area contributed by atoms with E-state index in [9.17, 15) is 18.8 Å². The summed E-state index contributed by atoms with van der Waals surface area (Å²) in [5, 5.41) is 8.06. The highest BCUT2D eigenvalue weighted by molar-refractivity contribution is 7.13. The van der Waals surface area contributed by atoms with Gasteiger partial charge in [0.25, 0.3) is 5.91 Å². The Balaban J connectivity index is 0.00000272. The molecule has 8 nitrogen and oxygen atoms in total. The lowest BCUT2D eigenvalue weighted by Crippen LogP contribution is -2.55. The Labute approximate surface area is 189 Å². The lowest BCUT2D eigenvalue weighted by molar-refractivity contribution is -0.133. The molecule has 2 aromatic rings. The maximum Gasteiger partial charge on any atom is 0.325 e. The van der Waals surface area contributed by atoms with Crippen LogP contribution in [0.1, 0.15) is 24.1 Å². The van der Waals surface area contributed by atoms with Crippen LogP contribution in [-0.2, 0) is 16.1 Å². The van der Waals surface area contributed by atoms with Crippen LogP contribution >= 0.6 is 23.7 Å². The van der Waals surface area contributed by atoms with Crippen molar-refractivity contribution >= 4 is 46.7 Å². The number of piperidine rings is 1. The highest BCUT2D eigenvalue weighted by atomic mass is 35.5. The Morgan fingerprint density at radius 1 is 1.26 bits per heavy atom. The third-order valence-electron chi connectivity index (χ3n) is 5.44. The normalized spacial score (nSPS) is 18.1. The van der Waals surface area contributed by atoms with Crippen molar-refractivity contribution in [1.29, 1.82) is 0 Å². The number of nitrogens with zero attached hydrogens (tertiary/aromatic N) is 3. The van der Waals surface area contributed by atoms with Crippen LogP contribution in [0.4, 0.5) is 14.3 Å². The van der Waals surface area contributed by atoms with Crippen LogP contribution in [0.25, 0.3) is 0 Å². The van der Waals surface area contributed by atoms with Gasteiger partial charge in [-0.05, 0) is 37.5 Å². The van der Waals surface area contributed by atoms with Gasteiger partial charge in [-0.25, -0.2) is 14.2 Å². The number of thiazole rings is 1. The Kier molecular flexibility index (Phi) is 6.93. The molecule has 0 aliphatic carbocycles. The fraction of sp³-hybridized carbons (Fsp3) is 0.400. The third kappa shape index (κ3) is 5.03.